The molecular formula is C21H23ClN2O2. The molecule has 1 aliphatic heterocycles. The van der Waals surface area contributed by atoms with Crippen molar-refractivity contribution >= 4 is 23.4 Å². The molecule has 4 nitrogen and oxygen atoms in total. The highest BCUT2D eigenvalue weighted by Gasteiger charge is 2.33. The second-order valence-corrected chi connectivity index (χ2v) is 7.27. The van der Waals surface area contributed by atoms with Crippen LogP contribution in [0, 0.1) is 12.8 Å². The number of benzene rings is 2. The average Bonchev–Trinajstić information content (AvgIpc) is 2.97. The molecule has 2 aromatic rings. The van der Waals surface area contributed by atoms with E-state index in [2.05, 4.69) is 11.4 Å². The van der Waals surface area contributed by atoms with Crippen molar-refractivity contribution in [3.8, 4) is 0 Å². The lowest BCUT2D eigenvalue weighted by Crippen LogP contribution is -2.34. The summed E-state index contributed by atoms with van der Waals surface area (Å²) in [5.41, 5.74) is 3.39. The zero-order valence-electron chi connectivity index (χ0n) is 14.9. The minimum atomic E-state index is -0.266. The molecule has 0 bridgehead atoms. The number of likely N-dealkylation sites (tertiary alicyclic amines) is 1. The monoisotopic (exact) mass is 370 g/mol. The zero-order valence-corrected chi connectivity index (χ0v) is 15.6. The van der Waals surface area contributed by atoms with Crippen molar-refractivity contribution in [2.75, 3.05) is 13.1 Å². The predicted octanol–water partition coefficient (Wildman–Crippen LogP) is 3.36. The van der Waals surface area contributed by atoms with E-state index in [0.717, 1.165) is 17.5 Å². The third kappa shape index (κ3) is 4.85. The van der Waals surface area contributed by atoms with E-state index < -0.39 is 0 Å². The van der Waals surface area contributed by atoms with Gasteiger partial charge >= 0.3 is 0 Å². The lowest BCUT2D eigenvalue weighted by molar-refractivity contribution is -0.129. The SMILES string of the molecule is Cc1cccc(CN2CC(C(=O)NCCc3ccc(Cl)cc3)CC2=O)c1. The minimum absolute atomic E-state index is 0.0425. The van der Waals surface area contributed by atoms with Crippen LogP contribution in [-0.2, 0) is 22.6 Å². The van der Waals surface area contributed by atoms with Gasteiger partial charge in [0.15, 0.2) is 0 Å². The number of halogens is 1. The van der Waals surface area contributed by atoms with E-state index in [1.807, 2.05) is 49.4 Å². The molecule has 1 atom stereocenters. The summed E-state index contributed by atoms with van der Waals surface area (Å²) in [7, 11) is 0. The van der Waals surface area contributed by atoms with Crippen molar-refractivity contribution in [3.05, 3.63) is 70.2 Å². The Morgan fingerprint density at radius 3 is 2.69 bits per heavy atom. The van der Waals surface area contributed by atoms with Crippen LogP contribution in [0.25, 0.3) is 0 Å². The Kier molecular flexibility index (Phi) is 5.94. The number of amides is 2. The summed E-state index contributed by atoms with van der Waals surface area (Å²) < 4.78 is 0. The minimum Gasteiger partial charge on any atom is -0.355 e. The van der Waals surface area contributed by atoms with E-state index in [1.165, 1.54) is 5.56 Å². The van der Waals surface area contributed by atoms with E-state index in [1.54, 1.807) is 4.90 Å². The highest BCUT2D eigenvalue weighted by Crippen LogP contribution is 2.21. The van der Waals surface area contributed by atoms with Crippen LogP contribution in [0.3, 0.4) is 0 Å². The molecule has 0 aliphatic carbocycles. The first-order chi connectivity index (χ1) is 12.5. The molecule has 1 saturated heterocycles. The fraction of sp³-hybridized carbons (Fsp3) is 0.333. The van der Waals surface area contributed by atoms with Gasteiger partial charge in [-0.3, -0.25) is 9.59 Å². The van der Waals surface area contributed by atoms with Crippen LogP contribution in [0.4, 0.5) is 0 Å². The van der Waals surface area contributed by atoms with Crippen LogP contribution in [0.1, 0.15) is 23.1 Å². The number of hydrogen-bond acceptors (Lipinski definition) is 2. The summed E-state index contributed by atoms with van der Waals surface area (Å²) in [6.45, 7) is 3.64. The van der Waals surface area contributed by atoms with Crippen LogP contribution in [0.15, 0.2) is 48.5 Å². The number of carbonyl (C=O) groups excluding carboxylic acids is 2. The summed E-state index contributed by atoms with van der Waals surface area (Å²) in [6, 6.07) is 15.7. The second-order valence-electron chi connectivity index (χ2n) is 6.83. The van der Waals surface area contributed by atoms with Gasteiger partial charge in [-0.15, -0.1) is 0 Å². The third-order valence-corrected chi connectivity index (χ3v) is 4.92. The largest absolute Gasteiger partial charge is 0.355 e. The molecule has 1 heterocycles. The topological polar surface area (TPSA) is 49.4 Å². The van der Waals surface area contributed by atoms with Crippen LogP contribution >= 0.6 is 11.6 Å². The maximum absolute atomic E-state index is 12.4. The Morgan fingerprint density at radius 1 is 1.19 bits per heavy atom. The Balaban J connectivity index is 1.48. The Morgan fingerprint density at radius 2 is 1.96 bits per heavy atom. The first-order valence-electron chi connectivity index (χ1n) is 8.87. The van der Waals surface area contributed by atoms with Gasteiger partial charge in [0.25, 0.3) is 0 Å². The fourth-order valence-corrected chi connectivity index (χ4v) is 3.38. The standard InChI is InChI=1S/C21H23ClN2O2/c1-15-3-2-4-17(11-15)13-24-14-18(12-20(24)25)21(26)23-10-9-16-5-7-19(22)8-6-16/h2-8,11,18H,9-10,12-14H2,1H3,(H,23,26). The molecule has 0 radical (unpaired) electrons. The van der Waals surface area contributed by atoms with Gasteiger partial charge in [-0.1, -0.05) is 53.6 Å². The third-order valence-electron chi connectivity index (χ3n) is 4.67. The van der Waals surface area contributed by atoms with E-state index >= 15 is 0 Å². The maximum atomic E-state index is 12.4. The predicted molar refractivity (Wildman–Crippen MR) is 103 cm³/mol. The molecule has 136 valence electrons. The number of aryl methyl sites for hydroxylation is 1. The molecular weight excluding hydrogens is 348 g/mol. The van der Waals surface area contributed by atoms with Gasteiger partial charge < -0.3 is 10.2 Å². The van der Waals surface area contributed by atoms with Crippen LogP contribution in [-0.4, -0.2) is 29.8 Å². The highest BCUT2D eigenvalue weighted by atomic mass is 35.5. The fourth-order valence-electron chi connectivity index (χ4n) is 3.26. The molecule has 2 aromatic carbocycles. The van der Waals surface area contributed by atoms with Gasteiger partial charge in [0.05, 0.1) is 5.92 Å². The zero-order chi connectivity index (χ0) is 18.5. The normalized spacial score (nSPS) is 16.8. The van der Waals surface area contributed by atoms with Crippen LogP contribution in [0.5, 0.6) is 0 Å². The molecule has 1 aliphatic rings. The van der Waals surface area contributed by atoms with E-state index in [9.17, 15) is 9.59 Å². The van der Waals surface area contributed by atoms with Crippen molar-refractivity contribution in [3.63, 3.8) is 0 Å². The van der Waals surface area contributed by atoms with Crippen molar-refractivity contribution in [1.82, 2.24) is 10.2 Å². The lowest BCUT2D eigenvalue weighted by atomic mass is 10.1. The van der Waals surface area contributed by atoms with Crippen molar-refractivity contribution in [1.29, 1.82) is 0 Å². The molecule has 1 fully saturated rings. The van der Waals surface area contributed by atoms with E-state index in [4.69, 9.17) is 11.6 Å². The summed E-state index contributed by atoms with van der Waals surface area (Å²) in [4.78, 5) is 26.4. The number of carbonyl (C=O) groups is 2. The number of rotatable bonds is 6. The van der Waals surface area contributed by atoms with E-state index in [-0.39, 0.29) is 17.7 Å². The van der Waals surface area contributed by atoms with Crippen LogP contribution < -0.4 is 5.32 Å². The number of nitrogens with one attached hydrogen (secondary N) is 1. The average molecular weight is 371 g/mol. The molecule has 0 saturated carbocycles. The Hall–Kier alpha value is -2.33. The molecule has 1 N–H and O–H groups in total. The van der Waals surface area contributed by atoms with Gasteiger partial charge in [-0.25, -0.2) is 0 Å². The first-order valence-corrected chi connectivity index (χ1v) is 9.24. The Labute approximate surface area is 159 Å². The van der Waals surface area contributed by atoms with Crippen molar-refractivity contribution in [2.45, 2.75) is 26.3 Å². The summed E-state index contributed by atoms with van der Waals surface area (Å²) in [6.07, 6.45) is 1.04. The smallest absolute Gasteiger partial charge is 0.225 e. The van der Waals surface area contributed by atoms with Crippen molar-refractivity contribution in [2.24, 2.45) is 5.92 Å². The van der Waals surface area contributed by atoms with Gasteiger partial charge in [0.2, 0.25) is 11.8 Å². The summed E-state index contributed by atoms with van der Waals surface area (Å²) >= 11 is 5.87. The number of hydrogen-bond donors (Lipinski definition) is 1. The van der Waals surface area contributed by atoms with Gasteiger partial charge in [-0.05, 0) is 36.6 Å². The quantitative estimate of drug-likeness (QED) is 0.847. The highest BCUT2D eigenvalue weighted by molar-refractivity contribution is 6.30. The summed E-state index contributed by atoms with van der Waals surface area (Å²) in [5, 5.41) is 3.66. The number of nitrogens with zero attached hydrogens (tertiary/aromatic N) is 1. The van der Waals surface area contributed by atoms with Gasteiger partial charge in [-0.2, -0.15) is 0 Å². The lowest BCUT2D eigenvalue weighted by Gasteiger charge is -2.17. The molecule has 1 unspecified atom stereocenters. The second kappa shape index (κ2) is 8.37. The summed E-state index contributed by atoms with van der Waals surface area (Å²) in [5.74, 6) is -0.263. The first kappa shape index (κ1) is 18.5. The van der Waals surface area contributed by atoms with Gasteiger partial charge in [0.1, 0.15) is 0 Å². The molecule has 26 heavy (non-hydrogen) atoms. The van der Waals surface area contributed by atoms with Gasteiger partial charge in [0, 0.05) is 31.1 Å². The Bertz CT molecular complexity index is 789. The van der Waals surface area contributed by atoms with Crippen molar-refractivity contribution < 1.29 is 9.59 Å². The molecule has 0 spiro atoms. The molecule has 2 amide bonds. The molecule has 0 aromatic heterocycles. The van der Waals surface area contributed by atoms with Crippen LogP contribution in [0.2, 0.25) is 5.02 Å². The maximum Gasteiger partial charge on any atom is 0.225 e. The molecule has 5 heteroatoms. The molecule has 3 rings (SSSR count). The van der Waals surface area contributed by atoms with E-state index in [0.29, 0.717) is 31.1 Å².